The van der Waals surface area contributed by atoms with Gasteiger partial charge in [-0.05, 0) is 41.2 Å². The summed E-state index contributed by atoms with van der Waals surface area (Å²) in [5.74, 6) is -0.154. The van der Waals surface area contributed by atoms with E-state index in [1.165, 1.54) is 0 Å². The molecule has 0 bridgehead atoms. The predicted molar refractivity (Wildman–Crippen MR) is 69.8 cm³/mol. The molecule has 1 N–H and O–H groups in total. The molecule has 0 atom stereocenters. The van der Waals surface area contributed by atoms with E-state index in [1.807, 2.05) is 0 Å². The van der Waals surface area contributed by atoms with E-state index in [-0.39, 0.29) is 6.54 Å². The zero-order chi connectivity index (χ0) is 12.8. The van der Waals surface area contributed by atoms with Crippen molar-refractivity contribution >= 4 is 33.5 Å². The standard InChI is InChI=1S/C11H13BrClNO3/c1-14(7-11(15)16)4-5-17-10-3-2-8(13)6-9(10)12/h2-3,6H,4-5,7H2,1H3,(H,15,16). The first-order valence-electron chi connectivity index (χ1n) is 4.97. The highest BCUT2D eigenvalue weighted by atomic mass is 79.9. The molecule has 0 saturated carbocycles. The molecule has 1 rings (SSSR count). The number of ether oxygens (including phenoxy) is 1. The van der Waals surface area contributed by atoms with Crippen molar-refractivity contribution in [3.63, 3.8) is 0 Å². The van der Waals surface area contributed by atoms with Crippen molar-refractivity contribution in [2.24, 2.45) is 0 Å². The molecule has 4 nitrogen and oxygen atoms in total. The van der Waals surface area contributed by atoms with Gasteiger partial charge in [0.2, 0.25) is 0 Å². The van der Waals surface area contributed by atoms with Crippen LogP contribution in [0.3, 0.4) is 0 Å². The van der Waals surface area contributed by atoms with Crippen molar-refractivity contribution in [3.05, 3.63) is 27.7 Å². The lowest BCUT2D eigenvalue weighted by Crippen LogP contribution is -2.29. The van der Waals surface area contributed by atoms with Crippen molar-refractivity contribution in [2.75, 3.05) is 26.7 Å². The van der Waals surface area contributed by atoms with E-state index in [4.69, 9.17) is 21.4 Å². The van der Waals surface area contributed by atoms with E-state index in [0.717, 1.165) is 4.47 Å². The molecule has 94 valence electrons. The molecule has 1 aromatic rings. The molecule has 1 aromatic carbocycles. The van der Waals surface area contributed by atoms with Crippen LogP contribution in [0.15, 0.2) is 22.7 Å². The minimum Gasteiger partial charge on any atom is -0.491 e. The third-order valence-corrected chi connectivity index (χ3v) is 2.88. The Kier molecular flexibility index (Phi) is 5.74. The molecule has 0 unspecified atom stereocenters. The fraction of sp³-hybridized carbons (Fsp3) is 0.364. The Morgan fingerprint density at radius 1 is 1.59 bits per heavy atom. The highest BCUT2D eigenvalue weighted by Gasteiger charge is 2.05. The molecular formula is C11H13BrClNO3. The lowest BCUT2D eigenvalue weighted by Gasteiger charge is -2.15. The quantitative estimate of drug-likeness (QED) is 0.874. The van der Waals surface area contributed by atoms with Crippen LogP contribution in [-0.4, -0.2) is 42.7 Å². The molecule has 0 amide bonds. The third-order valence-electron chi connectivity index (χ3n) is 2.03. The van der Waals surface area contributed by atoms with Crippen LogP contribution in [0.4, 0.5) is 0 Å². The number of hydrogen-bond donors (Lipinski definition) is 1. The Hall–Kier alpha value is -0.780. The maximum atomic E-state index is 10.4. The zero-order valence-electron chi connectivity index (χ0n) is 9.32. The van der Waals surface area contributed by atoms with Crippen LogP contribution in [-0.2, 0) is 4.79 Å². The number of aliphatic carboxylic acids is 1. The van der Waals surface area contributed by atoms with Crippen molar-refractivity contribution in [3.8, 4) is 5.75 Å². The average Bonchev–Trinajstić information content (AvgIpc) is 2.20. The number of likely N-dealkylation sites (N-methyl/N-ethyl adjacent to an activating group) is 1. The largest absolute Gasteiger partial charge is 0.491 e. The number of rotatable bonds is 6. The van der Waals surface area contributed by atoms with Gasteiger partial charge in [0, 0.05) is 11.6 Å². The van der Waals surface area contributed by atoms with Gasteiger partial charge >= 0.3 is 5.97 Å². The molecule has 0 spiro atoms. The number of carboxylic acid groups (broad SMARTS) is 1. The number of nitrogens with zero attached hydrogens (tertiary/aromatic N) is 1. The highest BCUT2D eigenvalue weighted by Crippen LogP contribution is 2.27. The normalized spacial score (nSPS) is 10.6. The summed E-state index contributed by atoms with van der Waals surface area (Å²) >= 11 is 9.14. The van der Waals surface area contributed by atoms with Crippen LogP contribution in [0.1, 0.15) is 0 Å². The number of halogens is 2. The van der Waals surface area contributed by atoms with E-state index in [0.29, 0.717) is 23.9 Å². The van der Waals surface area contributed by atoms with Crippen molar-refractivity contribution in [1.29, 1.82) is 0 Å². The van der Waals surface area contributed by atoms with Crippen LogP contribution in [0.5, 0.6) is 5.75 Å². The van der Waals surface area contributed by atoms with Gasteiger partial charge in [-0.15, -0.1) is 0 Å². The van der Waals surface area contributed by atoms with Crippen LogP contribution < -0.4 is 4.74 Å². The van der Waals surface area contributed by atoms with Crippen LogP contribution in [0.25, 0.3) is 0 Å². The molecular weight excluding hydrogens is 309 g/mol. The first-order chi connectivity index (χ1) is 7.99. The van der Waals surface area contributed by atoms with Crippen molar-refractivity contribution in [2.45, 2.75) is 0 Å². The molecule has 0 aliphatic carbocycles. The van der Waals surface area contributed by atoms with E-state index < -0.39 is 5.97 Å². The Morgan fingerprint density at radius 2 is 2.29 bits per heavy atom. The zero-order valence-corrected chi connectivity index (χ0v) is 11.7. The molecule has 0 aromatic heterocycles. The summed E-state index contributed by atoms with van der Waals surface area (Å²) in [6.07, 6.45) is 0. The maximum Gasteiger partial charge on any atom is 0.317 e. The van der Waals surface area contributed by atoms with E-state index in [2.05, 4.69) is 15.9 Å². The molecule has 0 saturated heterocycles. The summed E-state index contributed by atoms with van der Waals surface area (Å²) in [5.41, 5.74) is 0. The minimum atomic E-state index is -0.847. The van der Waals surface area contributed by atoms with Gasteiger partial charge in [-0.1, -0.05) is 11.6 Å². The van der Waals surface area contributed by atoms with Gasteiger partial charge in [0.25, 0.3) is 0 Å². The lowest BCUT2D eigenvalue weighted by molar-refractivity contribution is -0.138. The van der Waals surface area contributed by atoms with Gasteiger partial charge in [0.05, 0.1) is 11.0 Å². The second kappa shape index (κ2) is 6.83. The predicted octanol–water partition coefficient (Wildman–Crippen LogP) is 2.50. The van der Waals surface area contributed by atoms with Gasteiger partial charge in [-0.2, -0.15) is 0 Å². The van der Waals surface area contributed by atoms with Gasteiger partial charge in [-0.3, -0.25) is 9.69 Å². The van der Waals surface area contributed by atoms with Crippen LogP contribution in [0, 0.1) is 0 Å². The first-order valence-corrected chi connectivity index (χ1v) is 6.14. The summed E-state index contributed by atoms with van der Waals surface area (Å²) in [6, 6.07) is 5.25. The number of hydrogen-bond acceptors (Lipinski definition) is 3. The molecule has 6 heteroatoms. The summed E-state index contributed by atoms with van der Waals surface area (Å²) in [4.78, 5) is 12.1. The Morgan fingerprint density at radius 3 is 2.88 bits per heavy atom. The van der Waals surface area contributed by atoms with Gasteiger partial charge in [0.1, 0.15) is 12.4 Å². The fourth-order valence-corrected chi connectivity index (χ4v) is 2.01. The molecule has 0 fully saturated rings. The van der Waals surface area contributed by atoms with E-state index >= 15 is 0 Å². The first kappa shape index (κ1) is 14.3. The second-order valence-corrected chi connectivity index (χ2v) is 4.85. The lowest BCUT2D eigenvalue weighted by atomic mass is 10.3. The second-order valence-electron chi connectivity index (χ2n) is 3.55. The number of carbonyl (C=O) groups is 1. The SMILES string of the molecule is CN(CCOc1ccc(Cl)cc1Br)CC(=O)O. The Balaban J connectivity index is 2.38. The summed E-state index contributed by atoms with van der Waals surface area (Å²) in [7, 11) is 1.73. The summed E-state index contributed by atoms with van der Waals surface area (Å²) < 4.78 is 6.29. The summed E-state index contributed by atoms with van der Waals surface area (Å²) in [5, 5.41) is 9.20. The maximum absolute atomic E-state index is 10.4. The van der Waals surface area contributed by atoms with Crippen LogP contribution >= 0.6 is 27.5 Å². The van der Waals surface area contributed by atoms with Gasteiger partial charge in [0.15, 0.2) is 0 Å². The van der Waals surface area contributed by atoms with Crippen molar-refractivity contribution in [1.82, 2.24) is 4.90 Å². The molecule has 0 aliphatic heterocycles. The minimum absolute atomic E-state index is 0.00511. The number of carboxylic acids is 1. The molecule has 0 radical (unpaired) electrons. The smallest absolute Gasteiger partial charge is 0.317 e. The molecule has 17 heavy (non-hydrogen) atoms. The molecule has 0 aliphatic rings. The Bertz CT molecular complexity index is 400. The fourth-order valence-electron chi connectivity index (χ4n) is 1.21. The Labute approximate surface area is 113 Å². The van der Waals surface area contributed by atoms with Crippen molar-refractivity contribution < 1.29 is 14.6 Å². The average molecular weight is 323 g/mol. The summed E-state index contributed by atoms with van der Waals surface area (Å²) in [6.45, 7) is 0.969. The van der Waals surface area contributed by atoms with E-state index in [1.54, 1.807) is 30.1 Å². The highest BCUT2D eigenvalue weighted by molar-refractivity contribution is 9.10. The topological polar surface area (TPSA) is 49.8 Å². The number of benzene rings is 1. The van der Waals surface area contributed by atoms with Gasteiger partial charge < -0.3 is 9.84 Å². The van der Waals surface area contributed by atoms with E-state index in [9.17, 15) is 4.79 Å². The van der Waals surface area contributed by atoms with Crippen LogP contribution in [0.2, 0.25) is 5.02 Å². The molecule has 0 heterocycles. The monoisotopic (exact) mass is 321 g/mol. The van der Waals surface area contributed by atoms with Gasteiger partial charge in [-0.25, -0.2) is 0 Å². The third kappa shape index (κ3) is 5.39.